The maximum Gasteiger partial charge on any atom is 0.271 e. The van der Waals surface area contributed by atoms with Crippen LogP contribution in [-0.4, -0.2) is 25.6 Å². The predicted octanol–water partition coefficient (Wildman–Crippen LogP) is 4.73. The zero-order valence-corrected chi connectivity index (χ0v) is 18.7. The molecule has 1 aromatic heterocycles. The third-order valence-electron chi connectivity index (χ3n) is 4.45. The Morgan fingerprint density at radius 1 is 1.26 bits per heavy atom. The zero-order chi connectivity index (χ0) is 22.7. The van der Waals surface area contributed by atoms with Crippen molar-refractivity contribution in [3.8, 4) is 0 Å². The van der Waals surface area contributed by atoms with Crippen LogP contribution in [0.1, 0.15) is 20.8 Å². The Balaban J connectivity index is 1.87. The highest BCUT2D eigenvalue weighted by Gasteiger charge is 2.21. The number of nitrogens with one attached hydrogen (secondary N) is 1. The van der Waals surface area contributed by atoms with Crippen LogP contribution in [0, 0.1) is 16.0 Å². The Labute approximate surface area is 187 Å². The van der Waals surface area contributed by atoms with Gasteiger partial charge in [0.1, 0.15) is 0 Å². The topological polar surface area (TPSA) is 107 Å². The molecule has 162 valence electrons. The minimum absolute atomic E-state index is 0.0697. The molecule has 2 aromatic carbocycles. The van der Waals surface area contributed by atoms with Gasteiger partial charge >= 0.3 is 0 Å². The first-order valence-corrected chi connectivity index (χ1v) is 10.8. The molecule has 0 aliphatic carbocycles. The number of thioether (sulfide) groups is 1. The molecule has 0 radical (unpaired) electrons. The molecule has 0 spiro atoms. The van der Waals surface area contributed by atoms with Gasteiger partial charge in [0.15, 0.2) is 5.16 Å². The molecule has 0 bridgehead atoms. The van der Waals surface area contributed by atoms with Crippen LogP contribution in [0.5, 0.6) is 0 Å². The number of non-ortho nitro benzene ring substituents is 1. The SMILES string of the molecule is CC(C)Cn1c(S[C@H](C)C(=O)Nc2ccc([N+](=O)[O-])cc2Cl)nc2ccccc2c1=O. The summed E-state index contributed by atoms with van der Waals surface area (Å²) in [7, 11) is 0. The summed E-state index contributed by atoms with van der Waals surface area (Å²) >= 11 is 7.24. The molecule has 0 unspecified atom stereocenters. The highest BCUT2D eigenvalue weighted by atomic mass is 35.5. The van der Waals surface area contributed by atoms with E-state index in [0.29, 0.717) is 22.6 Å². The average molecular weight is 461 g/mol. The first-order chi connectivity index (χ1) is 14.7. The van der Waals surface area contributed by atoms with E-state index < -0.39 is 10.2 Å². The van der Waals surface area contributed by atoms with Crippen molar-refractivity contribution >= 4 is 51.5 Å². The number of aromatic nitrogens is 2. The number of hydrogen-bond donors (Lipinski definition) is 1. The Hall–Kier alpha value is -2.91. The van der Waals surface area contributed by atoms with E-state index in [1.165, 1.54) is 30.0 Å². The minimum atomic E-state index is -0.599. The number of para-hydroxylation sites is 1. The molecule has 0 aliphatic rings. The molecule has 3 aromatic rings. The smallest absolute Gasteiger partial charge is 0.271 e. The lowest BCUT2D eigenvalue weighted by molar-refractivity contribution is -0.384. The zero-order valence-electron chi connectivity index (χ0n) is 17.2. The molecule has 1 atom stereocenters. The number of nitro benzene ring substituents is 1. The lowest BCUT2D eigenvalue weighted by atomic mass is 10.2. The number of nitro groups is 1. The fourth-order valence-corrected chi connectivity index (χ4v) is 4.07. The van der Waals surface area contributed by atoms with Gasteiger partial charge in [0.05, 0.1) is 31.8 Å². The van der Waals surface area contributed by atoms with E-state index in [-0.39, 0.29) is 33.8 Å². The molecule has 31 heavy (non-hydrogen) atoms. The summed E-state index contributed by atoms with van der Waals surface area (Å²) in [6.07, 6.45) is 0. The lowest BCUT2D eigenvalue weighted by Gasteiger charge is -2.17. The standard InChI is InChI=1S/C21H21ClN4O4S/c1-12(2)11-25-20(28)15-6-4-5-7-17(15)24-21(25)31-13(3)19(27)23-18-9-8-14(26(29)30)10-16(18)22/h4-10,12-13H,11H2,1-3H3,(H,23,27)/t13-/m1/s1. The average Bonchev–Trinajstić information content (AvgIpc) is 2.71. The Morgan fingerprint density at radius 2 is 1.97 bits per heavy atom. The highest BCUT2D eigenvalue weighted by molar-refractivity contribution is 8.00. The molecule has 1 amide bonds. The summed E-state index contributed by atoms with van der Waals surface area (Å²) in [5.74, 6) is -0.151. The van der Waals surface area contributed by atoms with Gasteiger partial charge in [0, 0.05) is 18.7 Å². The van der Waals surface area contributed by atoms with Crippen LogP contribution in [0.4, 0.5) is 11.4 Å². The molecule has 0 aliphatic heterocycles. The van der Waals surface area contributed by atoms with Gasteiger partial charge in [-0.15, -0.1) is 0 Å². The van der Waals surface area contributed by atoms with Gasteiger partial charge in [0.2, 0.25) is 5.91 Å². The van der Waals surface area contributed by atoms with Crippen molar-refractivity contribution in [1.82, 2.24) is 9.55 Å². The monoisotopic (exact) mass is 460 g/mol. The minimum Gasteiger partial charge on any atom is -0.324 e. The van der Waals surface area contributed by atoms with Gasteiger partial charge in [-0.05, 0) is 31.0 Å². The van der Waals surface area contributed by atoms with Crippen LogP contribution < -0.4 is 10.9 Å². The van der Waals surface area contributed by atoms with E-state index in [9.17, 15) is 19.7 Å². The van der Waals surface area contributed by atoms with Crippen molar-refractivity contribution in [2.75, 3.05) is 5.32 Å². The van der Waals surface area contributed by atoms with Crippen LogP contribution in [-0.2, 0) is 11.3 Å². The molecule has 8 nitrogen and oxygen atoms in total. The largest absolute Gasteiger partial charge is 0.324 e. The number of fused-ring (bicyclic) bond motifs is 1. The number of carbonyl (C=O) groups is 1. The fraction of sp³-hybridized carbons (Fsp3) is 0.286. The molecule has 0 saturated heterocycles. The van der Waals surface area contributed by atoms with Crippen molar-refractivity contribution < 1.29 is 9.72 Å². The number of nitrogens with zero attached hydrogens (tertiary/aromatic N) is 3. The van der Waals surface area contributed by atoms with Gasteiger partial charge in [-0.2, -0.15) is 0 Å². The number of carbonyl (C=O) groups excluding carboxylic acids is 1. The fourth-order valence-electron chi connectivity index (χ4n) is 2.93. The van der Waals surface area contributed by atoms with Gasteiger partial charge < -0.3 is 5.32 Å². The second-order valence-electron chi connectivity index (χ2n) is 7.39. The van der Waals surface area contributed by atoms with E-state index in [4.69, 9.17) is 11.6 Å². The lowest BCUT2D eigenvalue weighted by Crippen LogP contribution is -2.28. The van der Waals surface area contributed by atoms with Crippen LogP contribution in [0.2, 0.25) is 5.02 Å². The Morgan fingerprint density at radius 3 is 2.61 bits per heavy atom. The van der Waals surface area contributed by atoms with Crippen LogP contribution in [0.3, 0.4) is 0 Å². The van der Waals surface area contributed by atoms with Crippen molar-refractivity contribution in [3.05, 3.63) is 68.0 Å². The molecule has 0 saturated carbocycles. The summed E-state index contributed by atoms with van der Waals surface area (Å²) in [6.45, 7) is 6.17. The molecular weight excluding hydrogens is 440 g/mol. The van der Waals surface area contributed by atoms with E-state index in [2.05, 4.69) is 10.3 Å². The summed E-state index contributed by atoms with van der Waals surface area (Å²) in [6, 6.07) is 10.9. The van der Waals surface area contributed by atoms with Gasteiger partial charge in [-0.1, -0.05) is 49.3 Å². The Bertz CT molecular complexity index is 1210. The molecule has 1 heterocycles. The second-order valence-corrected chi connectivity index (χ2v) is 9.11. The summed E-state index contributed by atoms with van der Waals surface area (Å²) in [4.78, 5) is 40.6. The molecular formula is C21H21ClN4O4S. The van der Waals surface area contributed by atoms with Crippen molar-refractivity contribution in [1.29, 1.82) is 0 Å². The molecule has 0 fully saturated rings. The van der Waals surface area contributed by atoms with E-state index >= 15 is 0 Å². The van der Waals surface area contributed by atoms with Crippen LogP contribution in [0.25, 0.3) is 10.9 Å². The van der Waals surface area contributed by atoms with Crippen LogP contribution in [0.15, 0.2) is 52.4 Å². The van der Waals surface area contributed by atoms with Crippen molar-refractivity contribution in [2.45, 2.75) is 37.7 Å². The highest BCUT2D eigenvalue weighted by Crippen LogP contribution is 2.29. The molecule has 3 rings (SSSR count). The summed E-state index contributed by atoms with van der Waals surface area (Å²) in [5.41, 5.74) is 0.535. The number of rotatable bonds is 7. The number of benzene rings is 2. The number of halogens is 1. The predicted molar refractivity (Wildman–Crippen MR) is 123 cm³/mol. The number of hydrogen-bond acceptors (Lipinski definition) is 6. The second kappa shape index (κ2) is 9.49. The maximum absolute atomic E-state index is 13.0. The third kappa shape index (κ3) is 5.23. The molecule has 1 N–H and O–H groups in total. The quantitative estimate of drug-likeness (QED) is 0.236. The number of anilines is 1. The first-order valence-electron chi connectivity index (χ1n) is 9.58. The maximum atomic E-state index is 13.0. The van der Waals surface area contributed by atoms with E-state index in [1.54, 1.807) is 29.7 Å². The summed E-state index contributed by atoms with van der Waals surface area (Å²) < 4.78 is 1.60. The normalized spacial score (nSPS) is 12.2. The number of amides is 1. The van der Waals surface area contributed by atoms with E-state index in [1.807, 2.05) is 19.9 Å². The molecule has 10 heteroatoms. The first kappa shape index (κ1) is 22.8. The van der Waals surface area contributed by atoms with Gasteiger partial charge in [0.25, 0.3) is 11.2 Å². The van der Waals surface area contributed by atoms with E-state index in [0.717, 1.165) is 0 Å². The van der Waals surface area contributed by atoms with Gasteiger partial charge in [-0.25, -0.2) is 4.98 Å². The summed E-state index contributed by atoms with van der Waals surface area (Å²) in [5, 5.41) is 14.0. The third-order valence-corrected chi connectivity index (χ3v) is 5.85. The Kier molecular flexibility index (Phi) is 6.97. The van der Waals surface area contributed by atoms with Gasteiger partial charge in [-0.3, -0.25) is 24.3 Å². The van der Waals surface area contributed by atoms with Crippen molar-refractivity contribution in [3.63, 3.8) is 0 Å². The van der Waals surface area contributed by atoms with Crippen molar-refractivity contribution in [2.24, 2.45) is 5.92 Å². The van der Waals surface area contributed by atoms with Crippen LogP contribution >= 0.6 is 23.4 Å².